The summed E-state index contributed by atoms with van der Waals surface area (Å²) in [4.78, 5) is 12.5. The second kappa shape index (κ2) is 6.16. The van der Waals surface area contributed by atoms with Crippen molar-refractivity contribution in [3.8, 4) is 0 Å². The summed E-state index contributed by atoms with van der Waals surface area (Å²) in [6, 6.07) is 15.2. The van der Waals surface area contributed by atoms with Gasteiger partial charge in [-0.3, -0.25) is 4.79 Å². The number of aryl methyl sites for hydroxylation is 1. The van der Waals surface area contributed by atoms with Gasteiger partial charge in [-0.15, -0.1) is 0 Å². The molecular weight excluding hydrogens is 310 g/mol. The van der Waals surface area contributed by atoms with Crippen LogP contribution in [0.1, 0.15) is 23.5 Å². The second-order valence-corrected chi connectivity index (χ2v) is 8.02. The summed E-state index contributed by atoms with van der Waals surface area (Å²) < 4.78 is 22.8. The Hall–Kier alpha value is -2.14. The topological polar surface area (TPSA) is 55.7 Å². The quantitative estimate of drug-likeness (QED) is 0.805. The largest absolute Gasteiger partial charge is 0.469 e. The standard InChI is InChI=1S/C18H19NO3S/c1-13-8-9-16-14(11-18(20)22-2)12-23(21,19-17(16)10-13)15-6-4-3-5-7-15/h3-10,14H,11-12H2,1-2H3. The Morgan fingerprint density at radius 3 is 2.70 bits per heavy atom. The van der Waals surface area contributed by atoms with Crippen molar-refractivity contribution in [2.24, 2.45) is 4.36 Å². The number of fused-ring (bicyclic) bond motifs is 1. The van der Waals surface area contributed by atoms with Crippen molar-refractivity contribution < 1.29 is 13.7 Å². The number of ether oxygens (including phenoxy) is 1. The fourth-order valence-electron chi connectivity index (χ4n) is 2.87. The fraction of sp³-hybridized carbons (Fsp3) is 0.278. The summed E-state index contributed by atoms with van der Waals surface area (Å²) in [5.74, 6) is -0.108. The van der Waals surface area contributed by atoms with Gasteiger partial charge in [-0.25, -0.2) is 4.21 Å². The van der Waals surface area contributed by atoms with Gasteiger partial charge < -0.3 is 4.74 Å². The summed E-state index contributed by atoms with van der Waals surface area (Å²) in [5, 5.41) is 0. The van der Waals surface area contributed by atoms with Crippen LogP contribution >= 0.6 is 0 Å². The van der Waals surface area contributed by atoms with Crippen molar-refractivity contribution in [3.63, 3.8) is 0 Å². The second-order valence-electron chi connectivity index (χ2n) is 5.75. The van der Waals surface area contributed by atoms with Crippen LogP contribution < -0.4 is 0 Å². The van der Waals surface area contributed by atoms with E-state index in [9.17, 15) is 9.00 Å². The Bertz CT molecular complexity index is 852. The normalized spacial score (nSPS) is 22.8. The zero-order chi connectivity index (χ0) is 16.4. The molecule has 0 radical (unpaired) electrons. The van der Waals surface area contributed by atoms with E-state index in [1.54, 1.807) is 0 Å². The monoisotopic (exact) mass is 329 g/mol. The number of methoxy groups -OCH3 is 1. The minimum atomic E-state index is -2.58. The van der Waals surface area contributed by atoms with Crippen LogP contribution in [0.3, 0.4) is 0 Å². The highest BCUT2D eigenvalue weighted by molar-refractivity contribution is 7.93. The number of hydrogen-bond acceptors (Lipinski definition) is 4. The summed E-state index contributed by atoms with van der Waals surface area (Å²) in [5.41, 5.74) is 2.75. The number of hydrogen-bond donors (Lipinski definition) is 0. The van der Waals surface area contributed by atoms with Crippen molar-refractivity contribution >= 4 is 21.4 Å². The Labute approximate surface area is 136 Å². The zero-order valence-electron chi connectivity index (χ0n) is 13.2. The summed E-state index contributed by atoms with van der Waals surface area (Å²) in [6.07, 6.45) is 0.214. The summed E-state index contributed by atoms with van der Waals surface area (Å²) >= 11 is 0. The first-order valence-corrected chi connectivity index (χ1v) is 9.17. The molecular formula is C18H19NO3S. The molecule has 2 aromatic carbocycles. The number of nitrogens with zero attached hydrogens (tertiary/aromatic N) is 1. The predicted octanol–water partition coefficient (Wildman–Crippen LogP) is 3.81. The van der Waals surface area contributed by atoms with Gasteiger partial charge in [0.15, 0.2) is 0 Å². The Kier molecular flexibility index (Phi) is 4.22. The fourth-order valence-corrected chi connectivity index (χ4v) is 5.15. The molecule has 5 heteroatoms. The van der Waals surface area contributed by atoms with Crippen molar-refractivity contribution in [1.29, 1.82) is 0 Å². The molecule has 23 heavy (non-hydrogen) atoms. The molecule has 0 aromatic heterocycles. The van der Waals surface area contributed by atoms with E-state index in [1.165, 1.54) is 7.11 Å². The highest BCUT2D eigenvalue weighted by Gasteiger charge is 2.30. The molecule has 0 fully saturated rings. The molecule has 0 saturated heterocycles. The number of carbonyl (C=O) groups is 1. The van der Waals surface area contributed by atoms with E-state index in [0.717, 1.165) is 16.8 Å². The van der Waals surface area contributed by atoms with Gasteiger partial charge in [-0.1, -0.05) is 30.3 Å². The molecule has 1 aliphatic rings. The van der Waals surface area contributed by atoms with Gasteiger partial charge in [0.25, 0.3) is 0 Å². The van der Waals surface area contributed by atoms with Crippen LogP contribution in [0.25, 0.3) is 0 Å². The first-order chi connectivity index (χ1) is 11.0. The lowest BCUT2D eigenvalue weighted by molar-refractivity contribution is -0.140. The Morgan fingerprint density at radius 2 is 2.00 bits per heavy atom. The summed E-state index contributed by atoms with van der Waals surface area (Å²) in [6.45, 7) is 1.98. The molecule has 2 unspecified atom stereocenters. The van der Waals surface area contributed by atoms with Crippen LogP contribution in [0.5, 0.6) is 0 Å². The number of carbonyl (C=O) groups excluding carboxylic acids is 1. The van der Waals surface area contributed by atoms with Gasteiger partial charge in [0.05, 0.1) is 28.9 Å². The van der Waals surface area contributed by atoms with Crippen LogP contribution in [-0.2, 0) is 19.3 Å². The minimum absolute atomic E-state index is 0.150. The van der Waals surface area contributed by atoms with Crippen LogP contribution in [0.4, 0.5) is 5.69 Å². The average molecular weight is 329 g/mol. The predicted molar refractivity (Wildman–Crippen MR) is 90.4 cm³/mol. The van der Waals surface area contributed by atoms with E-state index < -0.39 is 9.73 Å². The van der Waals surface area contributed by atoms with Crippen LogP contribution in [0.2, 0.25) is 0 Å². The maximum atomic E-state index is 13.4. The molecule has 0 amide bonds. The smallest absolute Gasteiger partial charge is 0.306 e. The van der Waals surface area contributed by atoms with E-state index >= 15 is 0 Å². The van der Waals surface area contributed by atoms with E-state index in [-0.39, 0.29) is 18.3 Å². The molecule has 0 saturated carbocycles. The molecule has 2 aromatic rings. The van der Waals surface area contributed by atoms with Crippen molar-refractivity contribution in [1.82, 2.24) is 0 Å². The van der Waals surface area contributed by atoms with Gasteiger partial charge in [-0.05, 0) is 36.2 Å². The van der Waals surface area contributed by atoms with E-state index in [2.05, 4.69) is 4.36 Å². The van der Waals surface area contributed by atoms with Gasteiger partial charge in [0.1, 0.15) is 0 Å². The van der Waals surface area contributed by atoms with Crippen molar-refractivity contribution in [3.05, 3.63) is 59.7 Å². The first-order valence-electron chi connectivity index (χ1n) is 7.49. The SMILES string of the molecule is COC(=O)CC1CS(=O)(c2ccccc2)=Nc2cc(C)ccc21. The maximum absolute atomic E-state index is 13.4. The van der Waals surface area contributed by atoms with Gasteiger partial charge in [0, 0.05) is 16.6 Å². The zero-order valence-corrected chi connectivity index (χ0v) is 14.0. The molecule has 0 spiro atoms. The first kappa shape index (κ1) is 15.7. The third-order valence-corrected chi connectivity index (χ3v) is 6.41. The van der Waals surface area contributed by atoms with E-state index in [0.29, 0.717) is 10.6 Å². The van der Waals surface area contributed by atoms with Gasteiger partial charge in [0.2, 0.25) is 0 Å². The molecule has 2 atom stereocenters. The molecule has 0 N–H and O–H groups in total. The molecule has 1 aliphatic heterocycles. The third-order valence-electron chi connectivity index (χ3n) is 4.05. The Balaban J connectivity index is 2.13. The average Bonchev–Trinajstić information content (AvgIpc) is 2.55. The van der Waals surface area contributed by atoms with Gasteiger partial charge in [-0.2, -0.15) is 4.36 Å². The van der Waals surface area contributed by atoms with Crippen molar-refractivity contribution in [2.75, 3.05) is 12.9 Å². The van der Waals surface area contributed by atoms with Crippen LogP contribution in [0.15, 0.2) is 57.8 Å². The molecule has 0 bridgehead atoms. The lowest BCUT2D eigenvalue weighted by Crippen LogP contribution is -2.21. The lowest BCUT2D eigenvalue weighted by Gasteiger charge is -2.25. The van der Waals surface area contributed by atoms with E-state index in [1.807, 2.05) is 55.5 Å². The van der Waals surface area contributed by atoms with Crippen LogP contribution in [0, 0.1) is 6.92 Å². The summed E-state index contributed by atoms with van der Waals surface area (Å²) in [7, 11) is -1.21. The molecule has 1 heterocycles. The Morgan fingerprint density at radius 1 is 1.26 bits per heavy atom. The van der Waals surface area contributed by atoms with E-state index in [4.69, 9.17) is 4.74 Å². The van der Waals surface area contributed by atoms with Crippen molar-refractivity contribution in [2.45, 2.75) is 24.2 Å². The molecule has 4 nitrogen and oxygen atoms in total. The highest BCUT2D eigenvalue weighted by Crippen LogP contribution is 2.39. The minimum Gasteiger partial charge on any atom is -0.469 e. The third kappa shape index (κ3) is 3.15. The number of benzene rings is 2. The lowest BCUT2D eigenvalue weighted by atomic mass is 9.95. The highest BCUT2D eigenvalue weighted by atomic mass is 32.2. The number of rotatable bonds is 3. The molecule has 120 valence electrons. The maximum Gasteiger partial charge on any atom is 0.306 e. The van der Waals surface area contributed by atoms with Gasteiger partial charge >= 0.3 is 5.97 Å². The van der Waals surface area contributed by atoms with Crippen LogP contribution in [-0.4, -0.2) is 23.0 Å². The number of esters is 1. The molecule has 3 rings (SSSR count). The molecule has 0 aliphatic carbocycles.